The van der Waals surface area contributed by atoms with Gasteiger partial charge in [0.25, 0.3) is 0 Å². The van der Waals surface area contributed by atoms with E-state index < -0.39 is 23.5 Å². The maximum atomic E-state index is 13.1. The van der Waals surface area contributed by atoms with E-state index in [2.05, 4.69) is 0 Å². The Morgan fingerprint density at radius 1 is 1.13 bits per heavy atom. The van der Waals surface area contributed by atoms with E-state index in [0.717, 1.165) is 12.1 Å². The molecule has 0 bridgehead atoms. The van der Waals surface area contributed by atoms with Gasteiger partial charge in [-0.25, -0.2) is 13.2 Å². The average Bonchev–Trinajstić information content (AvgIpc) is 2.15. The van der Waals surface area contributed by atoms with Gasteiger partial charge in [-0.3, -0.25) is 0 Å². The Morgan fingerprint density at radius 3 is 2.27 bits per heavy atom. The molecule has 1 atom stereocenters. The first-order valence-electron chi connectivity index (χ1n) is 4.17. The van der Waals surface area contributed by atoms with Crippen molar-refractivity contribution in [3.63, 3.8) is 0 Å². The Morgan fingerprint density at radius 2 is 1.73 bits per heavy atom. The van der Waals surface area contributed by atoms with Crippen LogP contribution in [0, 0.1) is 17.5 Å². The molecule has 0 aliphatic carbocycles. The van der Waals surface area contributed by atoms with Gasteiger partial charge < -0.3 is 11.5 Å². The van der Waals surface area contributed by atoms with Crippen molar-refractivity contribution in [2.75, 3.05) is 6.54 Å². The molecule has 1 aromatic rings. The summed E-state index contributed by atoms with van der Waals surface area (Å²) in [5.41, 5.74) is 10.7. The zero-order valence-corrected chi connectivity index (χ0v) is 8.66. The minimum atomic E-state index is -1.49. The van der Waals surface area contributed by atoms with Crippen molar-refractivity contribution in [1.29, 1.82) is 0 Å². The van der Waals surface area contributed by atoms with Crippen LogP contribution in [0.5, 0.6) is 0 Å². The molecule has 0 aliphatic heterocycles. The topological polar surface area (TPSA) is 52.0 Å². The highest BCUT2D eigenvalue weighted by molar-refractivity contribution is 5.85. The van der Waals surface area contributed by atoms with Crippen molar-refractivity contribution < 1.29 is 13.2 Å². The molecule has 15 heavy (non-hydrogen) atoms. The lowest BCUT2D eigenvalue weighted by molar-refractivity contribution is 0.433. The molecular formula is C9H12ClF3N2. The Balaban J connectivity index is 0.00000196. The van der Waals surface area contributed by atoms with Crippen LogP contribution in [-0.2, 0) is 0 Å². The predicted octanol–water partition coefficient (Wildman–Crippen LogP) is 1.87. The van der Waals surface area contributed by atoms with Crippen LogP contribution in [0.1, 0.15) is 18.0 Å². The number of rotatable bonds is 3. The van der Waals surface area contributed by atoms with Gasteiger partial charge in [-0.15, -0.1) is 12.4 Å². The third-order valence-corrected chi connectivity index (χ3v) is 1.94. The number of halogens is 4. The summed E-state index contributed by atoms with van der Waals surface area (Å²) >= 11 is 0. The van der Waals surface area contributed by atoms with Crippen molar-refractivity contribution in [2.45, 2.75) is 12.5 Å². The van der Waals surface area contributed by atoms with Crippen molar-refractivity contribution in [1.82, 2.24) is 0 Å². The van der Waals surface area contributed by atoms with Gasteiger partial charge in [-0.2, -0.15) is 0 Å². The van der Waals surface area contributed by atoms with Gasteiger partial charge in [0.05, 0.1) is 0 Å². The first-order chi connectivity index (χ1) is 6.57. The third kappa shape index (κ3) is 3.09. The molecule has 6 heteroatoms. The SMILES string of the molecule is Cl.NCC[C@@H](N)c1ccc(F)c(F)c1F. The van der Waals surface area contributed by atoms with E-state index >= 15 is 0 Å². The van der Waals surface area contributed by atoms with Crippen LogP contribution in [0.2, 0.25) is 0 Å². The maximum absolute atomic E-state index is 13.1. The van der Waals surface area contributed by atoms with Crippen molar-refractivity contribution in [3.05, 3.63) is 35.1 Å². The average molecular weight is 241 g/mol. The Hall–Kier alpha value is -0.780. The van der Waals surface area contributed by atoms with Crippen LogP contribution >= 0.6 is 12.4 Å². The molecule has 0 amide bonds. The summed E-state index contributed by atoms with van der Waals surface area (Å²) in [6.45, 7) is 0.263. The van der Waals surface area contributed by atoms with E-state index in [9.17, 15) is 13.2 Å². The van der Waals surface area contributed by atoms with Crippen molar-refractivity contribution in [3.8, 4) is 0 Å². The summed E-state index contributed by atoms with van der Waals surface area (Å²) in [6, 6.07) is 1.29. The zero-order chi connectivity index (χ0) is 10.7. The van der Waals surface area contributed by atoms with Crippen LogP contribution in [0.4, 0.5) is 13.2 Å². The molecule has 0 radical (unpaired) electrons. The fourth-order valence-corrected chi connectivity index (χ4v) is 1.16. The second-order valence-electron chi connectivity index (χ2n) is 2.95. The minimum absolute atomic E-state index is 0. The lowest BCUT2D eigenvalue weighted by atomic mass is 10.0. The van der Waals surface area contributed by atoms with Crippen molar-refractivity contribution in [2.24, 2.45) is 11.5 Å². The number of nitrogens with two attached hydrogens (primary N) is 2. The number of hydrogen-bond donors (Lipinski definition) is 2. The van der Waals surface area contributed by atoms with Gasteiger partial charge in [0.2, 0.25) is 0 Å². The van der Waals surface area contributed by atoms with Gasteiger partial charge >= 0.3 is 0 Å². The summed E-state index contributed by atoms with van der Waals surface area (Å²) in [7, 11) is 0. The van der Waals surface area contributed by atoms with Crippen LogP contribution in [-0.4, -0.2) is 6.54 Å². The van der Waals surface area contributed by atoms with Gasteiger partial charge in [-0.1, -0.05) is 6.07 Å². The molecular weight excluding hydrogens is 229 g/mol. The fourth-order valence-electron chi connectivity index (χ4n) is 1.16. The smallest absolute Gasteiger partial charge is 0.194 e. The standard InChI is InChI=1S/C9H11F3N2.ClH/c10-6-2-1-5(7(14)3-4-13)8(11)9(6)12;/h1-2,7H,3-4,13-14H2;1H/t7-;/m1./s1. The largest absolute Gasteiger partial charge is 0.330 e. The molecule has 0 aromatic heterocycles. The van der Waals surface area contributed by atoms with Gasteiger partial charge in [0.15, 0.2) is 17.5 Å². The molecule has 0 heterocycles. The molecule has 0 spiro atoms. The van der Waals surface area contributed by atoms with Gasteiger partial charge in [0.1, 0.15) is 0 Å². The van der Waals surface area contributed by atoms with Crippen LogP contribution in [0.15, 0.2) is 12.1 Å². The van der Waals surface area contributed by atoms with E-state index in [4.69, 9.17) is 11.5 Å². The van der Waals surface area contributed by atoms with Crippen LogP contribution in [0.3, 0.4) is 0 Å². The lowest BCUT2D eigenvalue weighted by Crippen LogP contribution is -2.17. The first kappa shape index (κ1) is 14.2. The molecule has 4 N–H and O–H groups in total. The summed E-state index contributed by atoms with van der Waals surface area (Å²) in [5.74, 6) is -3.94. The van der Waals surface area contributed by atoms with Crippen LogP contribution in [0.25, 0.3) is 0 Å². The van der Waals surface area contributed by atoms with Gasteiger partial charge in [-0.05, 0) is 19.0 Å². The highest BCUT2D eigenvalue weighted by atomic mass is 35.5. The molecule has 2 nitrogen and oxygen atoms in total. The Bertz CT molecular complexity index is 333. The zero-order valence-electron chi connectivity index (χ0n) is 7.84. The molecule has 0 fully saturated rings. The predicted molar refractivity (Wildman–Crippen MR) is 54.2 cm³/mol. The highest BCUT2D eigenvalue weighted by Gasteiger charge is 2.17. The summed E-state index contributed by atoms with van der Waals surface area (Å²) in [4.78, 5) is 0. The van der Waals surface area contributed by atoms with E-state index in [1.807, 2.05) is 0 Å². The monoisotopic (exact) mass is 240 g/mol. The van der Waals surface area contributed by atoms with Crippen molar-refractivity contribution >= 4 is 12.4 Å². The summed E-state index contributed by atoms with van der Waals surface area (Å²) < 4.78 is 38.4. The molecule has 1 aromatic carbocycles. The van der Waals surface area contributed by atoms with E-state index in [0.29, 0.717) is 6.42 Å². The fraction of sp³-hybridized carbons (Fsp3) is 0.333. The van der Waals surface area contributed by atoms with Crippen LogP contribution < -0.4 is 11.5 Å². The summed E-state index contributed by atoms with van der Waals surface area (Å²) in [5, 5.41) is 0. The molecule has 86 valence electrons. The molecule has 1 rings (SSSR count). The lowest BCUT2D eigenvalue weighted by Gasteiger charge is -2.11. The number of benzene rings is 1. The normalized spacial score (nSPS) is 12.1. The Labute approximate surface area is 91.9 Å². The maximum Gasteiger partial charge on any atom is 0.194 e. The molecule has 0 aliphatic rings. The molecule has 0 saturated heterocycles. The first-order valence-corrected chi connectivity index (χ1v) is 4.17. The second kappa shape index (κ2) is 5.95. The van der Waals surface area contributed by atoms with E-state index in [1.165, 1.54) is 0 Å². The Kier molecular flexibility index (Phi) is 5.64. The quantitative estimate of drug-likeness (QED) is 0.793. The van der Waals surface area contributed by atoms with Gasteiger partial charge in [0, 0.05) is 11.6 Å². The second-order valence-corrected chi connectivity index (χ2v) is 2.95. The minimum Gasteiger partial charge on any atom is -0.330 e. The summed E-state index contributed by atoms with van der Waals surface area (Å²) in [6.07, 6.45) is 0.321. The van der Waals surface area contributed by atoms with E-state index in [1.54, 1.807) is 0 Å². The highest BCUT2D eigenvalue weighted by Crippen LogP contribution is 2.21. The molecule has 0 unspecified atom stereocenters. The number of hydrogen-bond acceptors (Lipinski definition) is 2. The third-order valence-electron chi connectivity index (χ3n) is 1.94. The van der Waals surface area contributed by atoms with E-state index in [-0.39, 0.29) is 24.5 Å². The molecule has 0 saturated carbocycles.